The van der Waals surface area contributed by atoms with Crippen molar-refractivity contribution in [2.45, 2.75) is 0 Å². The highest BCUT2D eigenvalue weighted by Crippen LogP contribution is 2.26. The van der Waals surface area contributed by atoms with Crippen LogP contribution in [0.15, 0.2) is 60.7 Å². The Labute approximate surface area is 141 Å². The molecule has 0 radical (unpaired) electrons. The quantitative estimate of drug-likeness (QED) is 0.594. The Morgan fingerprint density at radius 3 is 1.88 bits per heavy atom. The molecule has 5 nitrogen and oxygen atoms in total. The fraction of sp³-hybridized carbons (Fsp3) is 0. The molecule has 1 aliphatic rings. The van der Waals surface area contributed by atoms with Crippen molar-refractivity contribution in [2.75, 3.05) is 0 Å². The summed E-state index contributed by atoms with van der Waals surface area (Å²) in [4.78, 5) is 22.4. The fourth-order valence-electron chi connectivity index (χ4n) is 3.02. The van der Waals surface area contributed by atoms with Gasteiger partial charge in [0.05, 0.1) is 11.1 Å². The predicted molar refractivity (Wildman–Crippen MR) is 88.7 cm³/mol. The van der Waals surface area contributed by atoms with Crippen LogP contribution in [-0.2, 0) is 0 Å². The van der Waals surface area contributed by atoms with Gasteiger partial charge in [0, 0.05) is 0 Å². The van der Waals surface area contributed by atoms with Crippen molar-refractivity contribution in [1.29, 1.82) is 0 Å². The number of hydrogen-bond acceptors (Lipinski definition) is 3. The van der Waals surface area contributed by atoms with E-state index >= 15 is 0 Å². The summed E-state index contributed by atoms with van der Waals surface area (Å²) in [5, 5.41) is 22.8. The average Bonchev–Trinajstić information content (AvgIpc) is 2.59. The van der Waals surface area contributed by atoms with E-state index in [4.69, 9.17) is 9.84 Å². The minimum atomic E-state index is -1.31. The monoisotopic (exact) mass is 332 g/mol. The fourth-order valence-corrected chi connectivity index (χ4v) is 3.02. The third-order valence-corrected chi connectivity index (χ3v) is 4.19. The molecule has 0 unspecified atom stereocenters. The molecule has 1 aliphatic carbocycles. The van der Waals surface area contributed by atoms with Crippen LogP contribution in [0.5, 0.6) is 11.5 Å². The highest BCUT2D eigenvalue weighted by Gasteiger charge is 2.17. The molecule has 25 heavy (non-hydrogen) atoms. The molecule has 2 N–H and O–H groups in total. The molecule has 4 rings (SSSR count). The summed E-state index contributed by atoms with van der Waals surface area (Å²) in [7, 11) is 0. The van der Waals surface area contributed by atoms with Crippen LogP contribution in [0, 0.1) is 20.9 Å². The van der Waals surface area contributed by atoms with Crippen molar-refractivity contribution in [3.8, 4) is 11.5 Å². The number of hydrogen-bond donors (Lipinski definition) is 2. The van der Waals surface area contributed by atoms with Gasteiger partial charge in [0.2, 0.25) is 0 Å². The molecule has 0 fully saturated rings. The molecule has 0 heterocycles. The number of carboxylic acid groups (broad SMARTS) is 2. The van der Waals surface area contributed by atoms with Gasteiger partial charge in [-0.1, -0.05) is 30.3 Å². The molecule has 0 aromatic heterocycles. The number of aromatic carboxylic acids is 2. The number of fused-ring (bicyclic) bond motifs is 2. The molecule has 0 atom stereocenters. The zero-order valence-electron chi connectivity index (χ0n) is 12.9. The number of ether oxygens (including phenoxy) is 1. The molecule has 0 saturated carbocycles. The zero-order valence-corrected chi connectivity index (χ0v) is 12.9. The summed E-state index contributed by atoms with van der Waals surface area (Å²) in [6.45, 7) is 0. The van der Waals surface area contributed by atoms with Gasteiger partial charge in [0.1, 0.15) is 11.5 Å². The first-order chi connectivity index (χ1) is 12.0. The summed E-state index contributed by atoms with van der Waals surface area (Å²) in [5.74, 6) is -1.77. The maximum atomic E-state index is 11.3. The molecule has 0 spiro atoms. The van der Waals surface area contributed by atoms with Crippen LogP contribution in [-0.4, -0.2) is 22.2 Å². The van der Waals surface area contributed by atoms with Crippen LogP contribution in [0.4, 0.5) is 0 Å². The van der Waals surface area contributed by atoms with Crippen LogP contribution < -0.4 is 4.74 Å². The molecule has 0 amide bonds. The van der Waals surface area contributed by atoms with Gasteiger partial charge in [-0.15, -0.1) is 0 Å². The highest BCUT2D eigenvalue weighted by atomic mass is 16.5. The highest BCUT2D eigenvalue weighted by molar-refractivity contribution is 6.02. The van der Waals surface area contributed by atoms with Crippen LogP contribution in [0.1, 0.15) is 20.7 Å². The van der Waals surface area contributed by atoms with E-state index in [9.17, 15) is 14.7 Å². The minimum absolute atomic E-state index is 0.272. The molecule has 0 saturated heterocycles. The van der Waals surface area contributed by atoms with E-state index in [1.807, 2.05) is 30.3 Å². The van der Waals surface area contributed by atoms with Crippen LogP contribution in [0.3, 0.4) is 0 Å². The molecule has 0 aliphatic heterocycles. The second kappa shape index (κ2) is 5.49. The number of rotatable bonds is 4. The third kappa shape index (κ3) is 2.42. The van der Waals surface area contributed by atoms with Gasteiger partial charge in [-0.2, -0.15) is 0 Å². The summed E-state index contributed by atoms with van der Waals surface area (Å²) in [6.07, 6.45) is 0. The molecular formula is C20H12O5. The Hall–Kier alpha value is -3.60. The Bertz CT molecular complexity index is 1230. The van der Waals surface area contributed by atoms with Gasteiger partial charge in [-0.25, -0.2) is 9.59 Å². The minimum Gasteiger partial charge on any atom is -0.478 e. The third-order valence-electron chi connectivity index (χ3n) is 4.19. The van der Waals surface area contributed by atoms with Crippen molar-refractivity contribution in [3.63, 3.8) is 0 Å². The van der Waals surface area contributed by atoms with Crippen molar-refractivity contribution in [2.24, 2.45) is 0 Å². The Balaban J connectivity index is 1.74. The summed E-state index contributed by atoms with van der Waals surface area (Å²) >= 11 is 0. The SMILES string of the molecule is O=C(O)c1ccc(Oc2ccc3c(c2)=c2ccccc2=3)cc1C(=O)O. The van der Waals surface area contributed by atoms with E-state index in [1.165, 1.54) is 23.4 Å². The molecule has 5 heteroatoms. The van der Waals surface area contributed by atoms with Crippen molar-refractivity contribution in [3.05, 3.63) is 92.7 Å². The summed E-state index contributed by atoms with van der Waals surface area (Å²) < 4.78 is 5.73. The van der Waals surface area contributed by atoms with Gasteiger partial charge < -0.3 is 14.9 Å². The first-order valence-electron chi connectivity index (χ1n) is 7.57. The Kier molecular flexibility index (Phi) is 3.28. The molecule has 3 aromatic rings. The summed E-state index contributed by atoms with van der Waals surface area (Å²) in [6, 6.07) is 17.6. The topological polar surface area (TPSA) is 83.8 Å². The number of benzene rings is 3. The number of carboxylic acids is 2. The maximum absolute atomic E-state index is 11.3. The normalized spacial score (nSPS) is 11.0. The largest absolute Gasteiger partial charge is 0.478 e. The molecule has 122 valence electrons. The van der Waals surface area contributed by atoms with Crippen LogP contribution in [0.25, 0.3) is 0 Å². The van der Waals surface area contributed by atoms with E-state index in [2.05, 4.69) is 6.07 Å². The first kappa shape index (κ1) is 15.0. The van der Waals surface area contributed by atoms with E-state index in [0.717, 1.165) is 15.7 Å². The standard InChI is InChI=1S/C20H12O5/c21-19(22)16-8-6-12(10-18(16)20(23)24)25-11-5-7-15-13-3-1-2-4-14(13)17(15)9-11/h1-10H,(H,21,22)(H,23,24). The Morgan fingerprint density at radius 2 is 1.20 bits per heavy atom. The van der Waals surface area contributed by atoms with Crippen molar-refractivity contribution >= 4 is 11.9 Å². The maximum Gasteiger partial charge on any atom is 0.336 e. The van der Waals surface area contributed by atoms with E-state index in [1.54, 1.807) is 6.07 Å². The lowest BCUT2D eigenvalue weighted by Gasteiger charge is -2.10. The lowest BCUT2D eigenvalue weighted by Crippen LogP contribution is -2.08. The van der Waals surface area contributed by atoms with E-state index in [-0.39, 0.29) is 16.9 Å². The number of carbonyl (C=O) groups is 2. The predicted octanol–water partition coefficient (Wildman–Crippen LogP) is 3.76. The van der Waals surface area contributed by atoms with Crippen LogP contribution >= 0.6 is 0 Å². The second-order valence-corrected chi connectivity index (χ2v) is 5.67. The Morgan fingerprint density at radius 1 is 0.640 bits per heavy atom. The van der Waals surface area contributed by atoms with E-state index in [0.29, 0.717) is 5.75 Å². The smallest absolute Gasteiger partial charge is 0.336 e. The van der Waals surface area contributed by atoms with Crippen molar-refractivity contribution < 1.29 is 24.5 Å². The lowest BCUT2D eigenvalue weighted by molar-refractivity contribution is 0.0651. The summed E-state index contributed by atoms with van der Waals surface area (Å²) in [5.41, 5.74) is -0.579. The second-order valence-electron chi connectivity index (χ2n) is 5.67. The van der Waals surface area contributed by atoms with E-state index < -0.39 is 11.9 Å². The van der Waals surface area contributed by atoms with Crippen molar-refractivity contribution in [1.82, 2.24) is 0 Å². The molecule has 3 aromatic carbocycles. The molecule has 0 bridgehead atoms. The first-order valence-corrected chi connectivity index (χ1v) is 7.57. The lowest BCUT2D eigenvalue weighted by atomic mass is 10.0. The van der Waals surface area contributed by atoms with Gasteiger partial charge in [-0.05, 0) is 51.2 Å². The molecular weight excluding hydrogens is 320 g/mol. The van der Waals surface area contributed by atoms with Gasteiger partial charge in [0.15, 0.2) is 0 Å². The van der Waals surface area contributed by atoms with Gasteiger partial charge >= 0.3 is 11.9 Å². The zero-order chi connectivity index (χ0) is 17.6. The van der Waals surface area contributed by atoms with Crippen LogP contribution in [0.2, 0.25) is 0 Å². The van der Waals surface area contributed by atoms with Gasteiger partial charge in [0.25, 0.3) is 0 Å². The van der Waals surface area contributed by atoms with Gasteiger partial charge in [-0.3, -0.25) is 0 Å². The average molecular weight is 332 g/mol.